The van der Waals surface area contributed by atoms with Crippen LogP contribution in [0.3, 0.4) is 0 Å². The molecule has 0 heterocycles. The molecule has 0 saturated heterocycles. The van der Waals surface area contributed by atoms with E-state index in [1.165, 1.54) is 24.3 Å². The van der Waals surface area contributed by atoms with E-state index in [-0.39, 0.29) is 16.6 Å². The lowest BCUT2D eigenvalue weighted by atomic mass is 9.99. The zero-order valence-corrected chi connectivity index (χ0v) is 11.2. The Balaban J connectivity index is 2.72. The molecular weight excluding hydrogens is 238 g/mol. The lowest BCUT2D eigenvalue weighted by molar-refractivity contribution is 0.414. The predicted molar refractivity (Wildman–Crippen MR) is 67.3 cm³/mol. The van der Waals surface area contributed by atoms with Gasteiger partial charge in [-0.05, 0) is 36.1 Å². The van der Waals surface area contributed by atoms with E-state index < -0.39 is 10.0 Å². The summed E-state index contributed by atoms with van der Waals surface area (Å²) in [6.07, 6.45) is 0. The van der Waals surface area contributed by atoms with Crippen LogP contribution in [0.15, 0.2) is 29.2 Å². The average Bonchev–Trinajstić information content (AvgIpc) is 2.26. The number of nitrogens with one attached hydrogen (secondary N) is 1. The third-order valence-corrected chi connectivity index (χ3v) is 4.32. The number of benzene rings is 1. The Morgan fingerprint density at radius 3 is 2.18 bits per heavy atom. The molecule has 1 unspecified atom stereocenters. The fourth-order valence-corrected chi connectivity index (χ4v) is 2.33. The van der Waals surface area contributed by atoms with E-state index in [0.29, 0.717) is 12.5 Å². The van der Waals surface area contributed by atoms with E-state index in [1.807, 2.05) is 6.92 Å². The van der Waals surface area contributed by atoms with Crippen LogP contribution in [0.1, 0.15) is 20.8 Å². The number of sulfonamides is 1. The van der Waals surface area contributed by atoms with Crippen molar-refractivity contribution in [2.45, 2.75) is 25.7 Å². The van der Waals surface area contributed by atoms with Gasteiger partial charge in [0.1, 0.15) is 5.75 Å². The van der Waals surface area contributed by atoms with Crippen LogP contribution in [0.2, 0.25) is 0 Å². The van der Waals surface area contributed by atoms with Gasteiger partial charge in [-0.1, -0.05) is 20.8 Å². The van der Waals surface area contributed by atoms with Gasteiger partial charge in [-0.2, -0.15) is 0 Å². The normalized spacial score (nSPS) is 13.9. The summed E-state index contributed by atoms with van der Waals surface area (Å²) in [5, 5.41) is 9.10. The quantitative estimate of drug-likeness (QED) is 0.847. The Bertz CT molecular complexity index is 451. The molecule has 1 rings (SSSR count). The maximum Gasteiger partial charge on any atom is 0.240 e. The van der Waals surface area contributed by atoms with Crippen LogP contribution in [0.25, 0.3) is 0 Å². The monoisotopic (exact) mass is 257 g/mol. The number of phenolic OH excluding ortho intramolecular Hbond substituents is 1. The lowest BCUT2D eigenvalue weighted by Crippen LogP contribution is -2.30. The van der Waals surface area contributed by atoms with Crippen LogP contribution in [0.4, 0.5) is 0 Å². The van der Waals surface area contributed by atoms with Gasteiger partial charge >= 0.3 is 0 Å². The molecule has 0 aliphatic rings. The molecule has 17 heavy (non-hydrogen) atoms. The van der Waals surface area contributed by atoms with Crippen LogP contribution in [-0.4, -0.2) is 20.1 Å². The molecule has 2 N–H and O–H groups in total. The van der Waals surface area contributed by atoms with Crippen LogP contribution in [-0.2, 0) is 10.0 Å². The molecule has 0 aromatic heterocycles. The number of phenols is 1. The second-order valence-corrected chi connectivity index (χ2v) is 6.33. The van der Waals surface area contributed by atoms with Crippen molar-refractivity contribution in [2.75, 3.05) is 6.54 Å². The van der Waals surface area contributed by atoms with Crippen molar-refractivity contribution in [2.24, 2.45) is 11.8 Å². The highest BCUT2D eigenvalue weighted by molar-refractivity contribution is 7.89. The fraction of sp³-hybridized carbons (Fsp3) is 0.500. The molecule has 4 nitrogen and oxygen atoms in total. The molecule has 1 aromatic carbocycles. The van der Waals surface area contributed by atoms with Gasteiger partial charge in [-0.15, -0.1) is 0 Å². The standard InChI is InChI=1S/C12H19NO3S/c1-9(2)10(3)8-13-17(15,16)12-6-4-11(14)5-7-12/h4-7,9-10,13-14H,8H2,1-3H3. The summed E-state index contributed by atoms with van der Waals surface area (Å²) in [6.45, 7) is 6.53. The summed E-state index contributed by atoms with van der Waals surface area (Å²) in [6, 6.07) is 5.50. The minimum absolute atomic E-state index is 0.0551. The number of hydrogen-bond acceptors (Lipinski definition) is 3. The molecule has 0 aliphatic carbocycles. The van der Waals surface area contributed by atoms with Crippen molar-refractivity contribution in [3.05, 3.63) is 24.3 Å². The SMILES string of the molecule is CC(C)C(C)CNS(=O)(=O)c1ccc(O)cc1. The fourth-order valence-electron chi connectivity index (χ4n) is 1.19. The third kappa shape index (κ3) is 4.02. The average molecular weight is 257 g/mol. The number of aromatic hydroxyl groups is 1. The van der Waals surface area contributed by atoms with Gasteiger partial charge in [0, 0.05) is 6.54 Å². The zero-order valence-electron chi connectivity index (χ0n) is 10.3. The number of hydrogen-bond donors (Lipinski definition) is 2. The summed E-state index contributed by atoms with van der Waals surface area (Å²) < 4.78 is 26.3. The van der Waals surface area contributed by atoms with E-state index >= 15 is 0 Å². The first-order valence-corrected chi connectivity index (χ1v) is 7.10. The van der Waals surface area contributed by atoms with Crippen LogP contribution in [0.5, 0.6) is 5.75 Å². The van der Waals surface area contributed by atoms with Crippen LogP contribution in [0, 0.1) is 11.8 Å². The molecule has 1 atom stereocenters. The van der Waals surface area contributed by atoms with Crippen molar-refractivity contribution in [1.29, 1.82) is 0 Å². The highest BCUT2D eigenvalue weighted by Crippen LogP contribution is 2.15. The van der Waals surface area contributed by atoms with Crippen molar-refractivity contribution >= 4 is 10.0 Å². The molecule has 1 aromatic rings. The molecule has 0 spiro atoms. The lowest BCUT2D eigenvalue weighted by Gasteiger charge is -2.16. The minimum Gasteiger partial charge on any atom is -0.508 e. The highest BCUT2D eigenvalue weighted by atomic mass is 32.2. The zero-order chi connectivity index (χ0) is 13.1. The Labute approximate surface area is 103 Å². The smallest absolute Gasteiger partial charge is 0.240 e. The molecule has 0 bridgehead atoms. The summed E-state index contributed by atoms with van der Waals surface area (Å²) in [5.74, 6) is 0.763. The minimum atomic E-state index is -3.47. The van der Waals surface area contributed by atoms with E-state index in [0.717, 1.165) is 0 Å². The molecule has 0 aliphatic heterocycles. The van der Waals surface area contributed by atoms with Gasteiger partial charge in [0.05, 0.1) is 4.90 Å². The van der Waals surface area contributed by atoms with E-state index in [4.69, 9.17) is 5.11 Å². The van der Waals surface area contributed by atoms with Crippen molar-refractivity contribution < 1.29 is 13.5 Å². The molecule has 5 heteroatoms. The first-order valence-electron chi connectivity index (χ1n) is 5.61. The Hall–Kier alpha value is -1.07. The first kappa shape index (κ1) is 14.0. The Morgan fingerprint density at radius 1 is 1.18 bits per heavy atom. The van der Waals surface area contributed by atoms with Gasteiger partial charge in [0.15, 0.2) is 0 Å². The molecule has 0 amide bonds. The molecule has 96 valence electrons. The van der Waals surface area contributed by atoms with Crippen LogP contribution >= 0.6 is 0 Å². The van der Waals surface area contributed by atoms with Gasteiger partial charge in [-0.25, -0.2) is 13.1 Å². The molecule has 0 radical (unpaired) electrons. The maximum atomic E-state index is 11.9. The van der Waals surface area contributed by atoms with E-state index in [9.17, 15) is 8.42 Å². The van der Waals surface area contributed by atoms with Gasteiger partial charge < -0.3 is 5.11 Å². The van der Waals surface area contributed by atoms with Gasteiger partial charge in [0.2, 0.25) is 10.0 Å². The van der Waals surface area contributed by atoms with Gasteiger partial charge in [-0.3, -0.25) is 0 Å². The Kier molecular flexibility index (Phi) is 4.54. The first-order chi connectivity index (χ1) is 7.83. The topological polar surface area (TPSA) is 66.4 Å². The third-order valence-electron chi connectivity index (χ3n) is 2.88. The van der Waals surface area contributed by atoms with Gasteiger partial charge in [0.25, 0.3) is 0 Å². The maximum absolute atomic E-state index is 11.9. The summed E-state index contributed by atoms with van der Waals surface area (Å²) in [5.41, 5.74) is 0. The second kappa shape index (κ2) is 5.51. The van der Waals surface area contributed by atoms with E-state index in [2.05, 4.69) is 18.6 Å². The summed E-state index contributed by atoms with van der Waals surface area (Å²) >= 11 is 0. The van der Waals surface area contributed by atoms with E-state index in [1.54, 1.807) is 0 Å². The Morgan fingerprint density at radius 2 is 1.71 bits per heavy atom. The number of rotatable bonds is 5. The van der Waals surface area contributed by atoms with Crippen molar-refractivity contribution in [1.82, 2.24) is 4.72 Å². The van der Waals surface area contributed by atoms with Crippen LogP contribution < -0.4 is 4.72 Å². The highest BCUT2D eigenvalue weighted by Gasteiger charge is 2.16. The molecule has 0 fully saturated rings. The van der Waals surface area contributed by atoms with Crippen molar-refractivity contribution in [3.8, 4) is 5.75 Å². The van der Waals surface area contributed by atoms with Crippen molar-refractivity contribution in [3.63, 3.8) is 0 Å². The predicted octanol–water partition coefficient (Wildman–Crippen LogP) is 1.96. The summed E-state index contributed by atoms with van der Waals surface area (Å²) in [4.78, 5) is 0.172. The molecule has 0 saturated carbocycles. The second-order valence-electron chi connectivity index (χ2n) is 4.57. The summed E-state index contributed by atoms with van der Waals surface area (Å²) in [7, 11) is -3.47. The largest absolute Gasteiger partial charge is 0.508 e. The molecular formula is C12H19NO3S.